The Bertz CT molecular complexity index is 543. The summed E-state index contributed by atoms with van der Waals surface area (Å²) in [5.74, 6) is -0.381. The second-order valence-electron chi connectivity index (χ2n) is 4.37. The van der Waals surface area contributed by atoms with Crippen LogP contribution in [0.15, 0.2) is 24.3 Å². The highest BCUT2D eigenvalue weighted by Crippen LogP contribution is 2.22. The first-order valence-electron chi connectivity index (χ1n) is 5.86. The molecule has 0 spiro atoms. The molecule has 1 unspecified atom stereocenters. The summed E-state index contributed by atoms with van der Waals surface area (Å²) in [6.07, 6.45) is 1.06. The highest BCUT2D eigenvalue weighted by molar-refractivity contribution is 7.92. The van der Waals surface area contributed by atoms with Gasteiger partial charge in [-0.2, -0.15) is 0 Å². The third-order valence-corrected chi connectivity index (χ3v) is 3.03. The Kier molecular flexibility index (Phi) is 5.31. The Morgan fingerprint density at radius 2 is 1.84 bits per heavy atom. The molecule has 1 aromatic carbocycles. The molecule has 0 aliphatic heterocycles. The summed E-state index contributed by atoms with van der Waals surface area (Å²) < 4.78 is 24.9. The zero-order valence-corrected chi connectivity index (χ0v) is 12.0. The van der Waals surface area contributed by atoms with Crippen molar-refractivity contribution in [3.8, 4) is 0 Å². The van der Waals surface area contributed by atoms with Crippen molar-refractivity contribution in [3.63, 3.8) is 0 Å². The Morgan fingerprint density at radius 3 is 2.37 bits per heavy atom. The van der Waals surface area contributed by atoms with Gasteiger partial charge in [0.15, 0.2) is 0 Å². The van der Waals surface area contributed by atoms with E-state index in [1.807, 2.05) is 0 Å². The molecule has 1 rings (SSSR count). The number of nitrogens with one attached hydrogen (secondary N) is 3. The van der Waals surface area contributed by atoms with E-state index in [9.17, 15) is 13.2 Å². The molecular formula is C12H19N3O3S. The van der Waals surface area contributed by atoms with Crippen molar-refractivity contribution in [2.75, 3.05) is 29.9 Å². The van der Waals surface area contributed by atoms with E-state index in [-0.39, 0.29) is 11.8 Å². The van der Waals surface area contributed by atoms with E-state index in [2.05, 4.69) is 15.4 Å². The summed E-state index contributed by atoms with van der Waals surface area (Å²) in [5.41, 5.74) is 0.802. The molecule has 0 saturated heterocycles. The molecule has 0 fully saturated rings. The van der Waals surface area contributed by atoms with Crippen LogP contribution in [0.2, 0.25) is 0 Å². The maximum atomic E-state index is 11.9. The summed E-state index contributed by atoms with van der Waals surface area (Å²) in [4.78, 5) is 11.9. The minimum atomic E-state index is -3.38. The minimum absolute atomic E-state index is 0.169. The zero-order valence-electron chi connectivity index (χ0n) is 11.2. The molecule has 0 aliphatic carbocycles. The van der Waals surface area contributed by atoms with Crippen molar-refractivity contribution in [1.82, 2.24) is 5.32 Å². The van der Waals surface area contributed by atoms with E-state index >= 15 is 0 Å². The topological polar surface area (TPSA) is 87.3 Å². The van der Waals surface area contributed by atoms with Gasteiger partial charge < -0.3 is 10.6 Å². The van der Waals surface area contributed by atoms with Gasteiger partial charge in [-0.1, -0.05) is 19.1 Å². The average Bonchev–Trinajstić information content (AvgIpc) is 2.30. The maximum Gasteiger partial charge on any atom is 0.229 e. The van der Waals surface area contributed by atoms with E-state index in [0.29, 0.717) is 17.9 Å². The molecule has 0 heterocycles. The summed E-state index contributed by atoms with van der Waals surface area (Å²) in [6, 6.07) is 6.67. The quantitative estimate of drug-likeness (QED) is 0.723. The molecule has 19 heavy (non-hydrogen) atoms. The molecule has 0 bridgehead atoms. The van der Waals surface area contributed by atoms with E-state index in [1.165, 1.54) is 0 Å². The Labute approximate surface area is 113 Å². The average molecular weight is 285 g/mol. The number of hydrogen-bond acceptors (Lipinski definition) is 4. The van der Waals surface area contributed by atoms with Crippen LogP contribution in [0.1, 0.15) is 6.92 Å². The molecule has 106 valence electrons. The van der Waals surface area contributed by atoms with Crippen molar-refractivity contribution in [1.29, 1.82) is 0 Å². The number of anilines is 2. The van der Waals surface area contributed by atoms with Crippen molar-refractivity contribution >= 4 is 27.3 Å². The largest absolute Gasteiger partial charge is 0.324 e. The van der Waals surface area contributed by atoms with Crippen LogP contribution in [0.3, 0.4) is 0 Å². The van der Waals surface area contributed by atoms with Gasteiger partial charge in [0.05, 0.1) is 17.6 Å². The summed E-state index contributed by atoms with van der Waals surface area (Å²) in [7, 11) is -1.61. The lowest BCUT2D eigenvalue weighted by atomic mass is 10.1. The first-order chi connectivity index (χ1) is 8.83. The SMILES string of the molecule is CNCC(C)C(=O)Nc1ccccc1NS(C)(=O)=O. The van der Waals surface area contributed by atoms with Crippen LogP contribution in [-0.2, 0) is 14.8 Å². The molecule has 1 atom stereocenters. The second kappa shape index (κ2) is 6.53. The Hall–Kier alpha value is -1.60. The zero-order chi connectivity index (χ0) is 14.5. The van der Waals surface area contributed by atoms with E-state index < -0.39 is 10.0 Å². The number of sulfonamides is 1. The van der Waals surface area contributed by atoms with Crippen LogP contribution in [0.4, 0.5) is 11.4 Å². The van der Waals surface area contributed by atoms with Crippen LogP contribution in [0.25, 0.3) is 0 Å². The van der Waals surface area contributed by atoms with Crippen LogP contribution in [-0.4, -0.2) is 34.2 Å². The molecule has 0 radical (unpaired) electrons. The fourth-order valence-electron chi connectivity index (χ4n) is 1.54. The van der Waals surface area contributed by atoms with Gasteiger partial charge in [-0.25, -0.2) is 8.42 Å². The normalized spacial score (nSPS) is 12.8. The number of amides is 1. The summed E-state index contributed by atoms with van der Waals surface area (Å²) >= 11 is 0. The third kappa shape index (κ3) is 5.27. The fraction of sp³-hybridized carbons (Fsp3) is 0.417. The van der Waals surface area contributed by atoms with Crippen molar-refractivity contribution in [2.45, 2.75) is 6.92 Å². The van der Waals surface area contributed by atoms with Gasteiger partial charge in [-0.3, -0.25) is 9.52 Å². The van der Waals surface area contributed by atoms with Gasteiger partial charge in [-0.05, 0) is 19.2 Å². The molecule has 0 saturated carbocycles. The second-order valence-corrected chi connectivity index (χ2v) is 6.12. The fourth-order valence-corrected chi connectivity index (χ4v) is 2.11. The standard InChI is InChI=1S/C12H19N3O3S/c1-9(8-13-2)12(16)14-10-6-4-5-7-11(10)15-19(3,17)18/h4-7,9,13,15H,8H2,1-3H3,(H,14,16). The summed E-state index contributed by atoms with van der Waals surface area (Å²) in [5, 5.41) is 5.63. The minimum Gasteiger partial charge on any atom is -0.324 e. The number of rotatable bonds is 6. The van der Waals surface area contributed by atoms with Crippen LogP contribution >= 0.6 is 0 Å². The molecular weight excluding hydrogens is 266 g/mol. The number of hydrogen-bond donors (Lipinski definition) is 3. The Morgan fingerprint density at radius 1 is 1.26 bits per heavy atom. The Balaban J connectivity index is 2.86. The lowest BCUT2D eigenvalue weighted by Crippen LogP contribution is -2.29. The lowest BCUT2D eigenvalue weighted by molar-refractivity contribution is -0.119. The van der Waals surface area contributed by atoms with Gasteiger partial charge in [0.25, 0.3) is 0 Å². The summed E-state index contributed by atoms with van der Waals surface area (Å²) in [6.45, 7) is 2.34. The molecule has 0 aromatic heterocycles. The van der Waals surface area contributed by atoms with Gasteiger partial charge in [0.2, 0.25) is 15.9 Å². The molecule has 1 aromatic rings. The molecule has 0 aliphatic rings. The van der Waals surface area contributed by atoms with Crippen molar-refractivity contribution < 1.29 is 13.2 Å². The number of benzene rings is 1. The van der Waals surface area contributed by atoms with Crippen LogP contribution in [0.5, 0.6) is 0 Å². The molecule has 6 nitrogen and oxygen atoms in total. The number of para-hydroxylation sites is 2. The highest BCUT2D eigenvalue weighted by Gasteiger charge is 2.14. The van der Waals surface area contributed by atoms with E-state index in [4.69, 9.17) is 0 Å². The van der Waals surface area contributed by atoms with Gasteiger partial charge in [0.1, 0.15) is 0 Å². The van der Waals surface area contributed by atoms with Crippen molar-refractivity contribution in [3.05, 3.63) is 24.3 Å². The molecule has 3 N–H and O–H groups in total. The predicted octanol–water partition coefficient (Wildman–Crippen LogP) is 0.852. The van der Waals surface area contributed by atoms with Crippen molar-refractivity contribution in [2.24, 2.45) is 5.92 Å². The first kappa shape index (κ1) is 15.5. The van der Waals surface area contributed by atoms with Crippen LogP contribution < -0.4 is 15.4 Å². The predicted molar refractivity (Wildman–Crippen MR) is 76.6 cm³/mol. The number of carbonyl (C=O) groups excluding carboxylic acids is 1. The molecule has 1 amide bonds. The lowest BCUT2D eigenvalue weighted by Gasteiger charge is -2.15. The highest BCUT2D eigenvalue weighted by atomic mass is 32.2. The maximum absolute atomic E-state index is 11.9. The van der Waals surface area contributed by atoms with E-state index in [1.54, 1.807) is 38.2 Å². The van der Waals surface area contributed by atoms with Crippen LogP contribution in [0, 0.1) is 5.92 Å². The monoisotopic (exact) mass is 285 g/mol. The molecule has 7 heteroatoms. The van der Waals surface area contributed by atoms with Gasteiger partial charge >= 0.3 is 0 Å². The number of carbonyl (C=O) groups is 1. The first-order valence-corrected chi connectivity index (χ1v) is 7.75. The third-order valence-electron chi connectivity index (χ3n) is 2.44. The van der Waals surface area contributed by atoms with Gasteiger partial charge in [0, 0.05) is 12.5 Å². The van der Waals surface area contributed by atoms with Gasteiger partial charge in [-0.15, -0.1) is 0 Å². The van der Waals surface area contributed by atoms with E-state index in [0.717, 1.165) is 6.26 Å². The smallest absolute Gasteiger partial charge is 0.229 e.